The molecule has 0 aromatic heterocycles. The van der Waals surface area contributed by atoms with Crippen LogP contribution in [0.25, 0.3) is 0 Å². The van der Waals surface area contributed by atoms with Crippen molar-refractivity contribution in [3.63, 3.8) is 0 Å². The minimum absolute atomic E-state index is 0.357. The standard InChI is InChI=1S/C12H16BrNO/c13-10-4-5-12(14)9(7-10)8-11-3-1-2-6-15-11/h4-5,7,11H,1-3,6,8,14H2. The highest BCUT2D eigenvalue weighted by atomic mass is 79.9. The van der Waals surface area contributed by atoms with Crippen molar-refractivity contribution in [3.8, 4) is 0 Å². The van der Waals surface area contributed by atoms with Crippen LogP contribution in [0.4, 0.5) is 5.69 Å². The van der Waals surface area contributed by atoms with Crippen LogP contribution in [0, 0.1) is 0 Å². The van der Waals surface area contributed by atoms with Crippen LogP contribution in [0.3, 0.4) is 0 Å². The molecule has 2 N–H and O–H groups in total. The monoisotopic (exact) mass is 269 g/mol. The molecule has 82 valence electrons. The third-order valence-corrected chi connectivity index (χ3v) is 3.32. The zero-order valence-corrected chi connectivity index (χ0v) is 10.3. The van der Waals surface area contributed by atoms with Gasteiger partial charge < -0.3 is 10.5 Å². The fourth-order valence-corrected chi connectivity index (χ4v) is 2.37. The molecule has 0 radical (unpaired) electrons. The van der Waals surface area contributed by atoms with Crippen LogP contribution >= 0.6 is 15.9 Å². The van der Waals surface area contributed by atoms with E-state index >= 15 is 0 Å². The van der Waals surface area contributed by atoms with Gasteiger partial charge in [-0.25, -0.2) is 0 Å². The van der Waals surface area contributed by atoms with E-state index in [9.17, 15) is 0 Å². The average molecular weight is 270 g/mol. The number of hydrogen-bond acceptors (Lipinski definition) is 2. The summed E-state index contributed by atoms with van der Waals surface area (Å²) >= 11 is 3.46. The predicted molar refractivity (Wildman–Crippen MR) is 65.8 cm³/mol. The van der Waals surface area contributed by atoms with Crippen molar-refractivity contribution in [2.45, 2.75) is 31.8 Å². The van der Waals surface area contributed by atoms with E-state index in [2.05, 4.69) is 22.0 Å². The highest BCUT2D eigenvalue weighted by molar-refractivity contribution is 9.10. The minimum Gasteiger partial charge on any atom is -0.399 e. The molecule has 1 heterocycles. The topological polar surface area (TPSA) is 35.2 Å². The number of nitrogens with two attached hydrogens (primary N) is 1. The maximum atomic E-state index is 5.93. The number of halogens is 1. The van der Waals surface area contributed by atoms with Crippen LogP contribution in [-0.2, 0) is 11.2 Å². The van der Waals surface area contributed by atoms with Gasteiger partial charge in [0.1, 0.15) is 0 Å². The van der Waals surface area contributed by atoms with Gasteiger partial charge in [0.25, 0.3) is 0 Å². The second-order valence-electron chi connectivity index (χ2n) is 4.04. The van der Waals surface area contributed by atoms with Gasteiger partial charge in [0.15, 0.2) is 0 Å². The normalized spacial score (nSPS) is 21.5. The smallest absolute Gasteiger partial charge is 0.0616 e. The van der Waals surface area contributed by atoms with Crippen molar-refractivity contribution in [1.29, 1.82) is 0 Å². The lowest BCUT2D eigenvalue weighted by Gasteiger charge is -2.23. The molecule has 1 unspecified atom stereocenters. The summed E-state index contributed by atoms with van der Waals surface area (Å²) in [5.74, 6) is 0. The van der Waals surface area contributed by atoms with Crippen molar-refractivity contribution in [1.82, 2.24) is 0 Å². The molecule has 1 atom stereocenters. The van der Waals surface area contributed by atoms with Crippen molar-refractivity contribution < 1.29 is 4.74 Å². The van der Waals surface area contributed by atoms with E-state index in [-0.39, 0.29) is 0 Å². The van der Waals surface area contributed by atoms with Gasteiger partial charge in [-0.05, 0) is 43.0 Å². The second-order valence-corrected chi connectivity index (χ2v) is 4.95. The average Bonchev–Trinajstić information content (AvgIpc) is 2.25. The van der Waals surface area contributed by atoms with Gasteiger partial charge in [0, 0.05) is 23.2 Å². The second kappa shape index (κ2) is 4.99. The number of ether oxygens (including phenoxy) is 1. The third-order valence-electron chi connectivity index (χ3n) is 2.83. The van der Waals surface area contributed by atoms with Crippen LogP contribution in [0.15, 0.2) is 22.7 Å². The van der Waals surface area contributed by atoms with Crippen molar-refractivity contribution in [2.24, 2.45) is 0 Å². The summed E-state index contributed by atoms with van der Waals surface area (Å²) < 4.78 is 6.79. The highest BCUT2D eigenvalue weighted by Gasteiger charge is 2.15. The Labute approximate surface area is 98.9 Å². The molecule has 2 nitrogen and oxygen atoms in total. The van der Waals surface area contributed by atoms with E-state index in [0.717, 1.165) is 29.6 Å². The van der Waals surface area contributed by atoms with Crippen LogP contribution in [-0.4, -0.2) is 12.7 Å². The fraction of sp³-hybridized carbons (Fsp3) is 0.500. The SMILES string of the molecule is Nc1ccc(Br)cc1CC1CCCCO1. The van der Waals surface area contributed by atoms with Gasteiger partial charge in [-0.15, -0.1) is 0 Å². The molecule has 1 aromatic rings. The van der Waals surface area contributed by atoms with E-state index in [1.807, 2.05) is 12.1 Å². The van der Waals surface area contributed by atoms with Crippen LogP contribution in [0.5, 0.6) is 0 Å². The molecule has 0 bridgehead atoms. The third kappa shape index (κ3) is 2.95. The molecule has 1 saturated heterocycles. The van der Waals surface area contributed by atoms with E-state index in [0.29, 0.717) is 6.10 Å². The summed E-state index contributed by atoms with van der Waals surface area (Å²) in [5.41, 5.74) is 7.99. The Kier molecular flexibility index (Phi) is 3.65. The number of nitrogen functional groups attached to an aromatic ring is 1. The van der Waals surface area contributed by atoms with Crippen molar-refractivity contribution in [3.05, 3.63) is 28.2 Å². The van der Waals surface area contributed by atoms with Gasteiger partial charge in [0.2, 0.25) is 0 Å². The maximum absolute atomic E-state index is 5.93. The molecule has 1 aromatic carbocycles. The van der Waals surface area contributed by atoms with E-state index < -0.39 is 0 Å². The molecule has 0 spiro atoms. The molecule has 0 aliphatic carbocycles. The van der Waals surface area contributed by atoms with Gasteiger partial charge in [-0.3, -0.25) is 0 Å². The fourth-order valence-electron chi connectivity index (χ4n) is 1.96. The van der Waals surface area contributed by atoms with Crippen molar-refractivity contribution in [2.75, 3.05) is 12.3 Å². The minimum atomic E-state index is 0.357. The molecular weight excluding hydrogens is 254 g/mol. The summed E-state index contributed by atoms with van der Waals surface area (Å²) in [6, 6.07) is 6.01. The Hall–Kier alpha value is -0.540. The largest absolute Gasteiger partial charge is 0.399 e. The van der Waals surface area contributed by atoms with E-state index in [1.54, 1.807) is 0 Å². The molecule has 1 fully saturated rings. The first-order chi connectivity index (χ1) is 7.25. The van der Waals surface area contributed by atoms with Crippen LogP contribution in [0.2, 0.25) is 0 Å². The zero-order chi connectivity index (χ0) is 10.7. The summed E-state index contributed by atoms with van der Waals surface area (Å²) in [6.07, 6.45) is 4.93. The Morgan fingerprint density at radius 2 is 2.27 bits per heavy atom. The molecule has 1 aliphatic rings. The zero-order valence-electron chi connectivity index (χ0n) is 8.71. The lowest BCUT2D eigenvalue weighted by atomic mass is 10.0. The first-order valence-electron chi connectivity index (χ1n) is 5.41. The van der Waals surface area contributed by atoms with Crippen LogP contribution < -0.4 is 5.73 Å². The molecule has 2 rings (SSSR count). The molecule has 0 saturated carbocycles. The highest BCUT2D eigenvalue weighted by Crippen LogP contribution is 2.23. The number of benzene rings is 1. The first-order valence-corrected chi connectivity index (χ1v) is 6.20. The molecule has 0 amide bonds. The molecular formula is C12H16BrNO. The number of hydrogen-bond donors (Lipinski definition) is 1. The Bertz CT molecular complexity index is 334. The predicted octanol–water partition coefficient (Wildman–Crippen LogP) is 3.14. The quantitative estimate of drug-likeness (QED) is 0.838. The Morgan fingerprint density at radius 3 is 3.00 bits per heavy atom. The summed E-state index contributed by atoms with van der Waals surface area (Å²) in [6.45, 7) is 0.901. The Balaban J connectivity index is 2.05. The Morgan fingerprint density at radius 1 is 1.40 bits per heavy atom. The van der Waals surface area contributed by atoms with E-state index in [1.165, 1.54) is 18.4 Å². The summed E-state index contributed by atoms with van der Waals surface area (Å²) in [5, 5.41) is 0. The summed E-state index contributed by atoms with van der Waals surface area (Å²) in [7, 11) is 0. The van der Waals surface area contributed by atoms with Gasteiger partial charge in [0.05, 0.1) is 6.10 Å². The van der Waals surface area contributed by atoms with Gasteiger partial charge in [-0.2, -0.15) is 0 Å². The lowest BCUT2D eigenvalue weighted by Crippen LogP contribution is -2.21. The summed E-state index contributed by atoms with van der Waals surface area (Å²) in [4.78, 5) is 0. The molecule has 1 aliphatic heterocycles. The van der Waals surface area contributed by atoms with E-state index in [4.69, 9.17) is 10.5 Å². The molecule has 15 heavy (non-hydrogen) atoms. The van der Waals surface area contributed by atoms with Crippen molar-refractivity contribution >= 4 is 21.6 Å². The maximum Gasteiger partial charge on any atom is 0.0616 e. The van der Waals surface area contributed by atoms with Gasteiger partial charge in [-0.1, -0.05) is 15.9 Å². The van der Waals surface area contributed by atoms with Gasteiger partial charge >= 0.3 is 0 Å². The number of rotatable bonds is 2. The first kappa shape index (κ1) is 11.0. The lowest BCUT2D eigenvalue weighted by molar-refractivity contribution is 0.0169. The molecule has 3 heteroatoms. The van der Waals surface area contributed by atoms with Crippen LogP contribution in [0.1, 0.15) is 24.8 Å². The number of anilines is 1.